The molecule has 1 aromatic carbocycles. The third kappa shape index (κ3) is 4.97. The number of nitrogens with one attached hydrogen (secondary N) is 1. The van der Waals surface area contributed by atoms with Crippen LogP contribution in [-0.4, -0.2) is 30.0 Å². The van der Waals surface area contributed by atoms with Crippen molar-refractivity contribution in [1.29, 1.82) is 0 Å². The van der Waals surface area contributed by atoms with Gasteiger partial charge in [0.25, 0.3) is 5.91 Å². The molecule has 132 valence electrons. The summed E-state index contributed by atoms with van der Waals surface area (Å²) in [6.45, 7) is 2.04. The molecular weight excluding hydrogens is 391 g/mol. The minimum absolute atomic E-state index is 0. The fraction of sp³-hybridized carbons (Fsp3) is 0.333. The number of benzene rings is 1. The second-order valence-electron chi connectivity index (χ2n) is 5.22. The van der Waals surface area contributed by atoms with Crippen LogP contribution >= 0.6 is 47.8 Å². The summed E-state index contributed by atoms with van der Waals surface area (Å²) in [5.41, 5.74) is 7.06. The maximum Gasteiger partial charge on any atom is 0.271 e. The molecule has 0 radical (unpaired) electrons. The maximum atomic E-state index is 12.2. The minimum Gasteiger partial charge on any atom is -0.369 e. The Balaban J connectivity index is 0.00000144. The first-order valence-electron chi connectivity index (χ1n) is 7.11. The lowest BCUT2D eigenvalue weighted by Crippen LogP contribution is -2.37. The molecule has 2 aromatic rings. The number of hydrogen-bond donors (Lipinski definition) is 2. The van der Waals surface area contributed by atoms with Crippen LogP contribution in [0.25, 0.3) is 0 Å². The summed E-state index contributed by atoms with van der Waals surface area (Å²) in [4.78, 5) is 18.6. The Morgan fingerprint density at radius 1 is 1.46 bits per heavy atom. The normalized spacial score (nSPS) is 16.2. The van der Waals surface area contributed by atoms with Crippen LogP contribution in [0.1, 0.15) is 21.9 Å². The molecule has 1 aliphatic heterocycles. The van der Waals surface area contributed by atoms with Crippen molar-refractivity contribution in [3.05, 3.63) is 45.4 Å². The smallest absolute Gasteiger partial charge is 0.271 e. The van der Waals surface area contributed by atoms with Gasteiger partial charge >= 0.3 is 0 Å². The van der Waals surface area contributed by atoms with Gasteiger partial charge in [-0.1, -0.05) is 17.7 Å². The van der Waals surface area contributed by atoms with Gasteiger partial charge < -0.3 is 16.0 Å². The Hall–Kier alpha value is -1.05. The number of thiazole rings is 1. The molecular formula is C15H19Cl3N4OS. The van der Waals surface area contributed by atoms with Gasteiger partial charge in [-0.25, -0.2) is 4.98 Å². The summed E-state index contributed by atoms with van der Waals surface area (Å²) >= 11 is 7.44. The van der Waals surface area contributed by atoms with Gasteiger partial charge in [0.1, 0.15) is 10.7 Å². The molecule has 0 bridgehead atoms. The number of nitrogens with two attached hydrogens (primary N) is 1. The molecule has 9 heteroatoms. The summed E-state index contributed by atoms with van der Waals surface area (Å²) in [6, 6.07) is 7.89. The van der Waals surface area contributed by atoms with Crippen LogP contribution in [0.3, 0.4) is 0 Å². The quantitative estimate of drug-likeness (QED) is 0.814. The van der Waals surface area contributed by atoms with E-state index < -0.39 is 0 Å². The molecule has 0 saturated carbocycles. The van der Waals surface area contributed by atoms with Gasteiger partial charge in [0.2, 0.25) is 0 Å². The van der Waals surface area contributed by atoms with Crippen LogP contribution in [-0.2, 0) is 6.54 Å². The standard InChI is InChI=1S/C15H17ClN4OS.2ClH/c16-10-2-1-3-12(6-10)20-5-4-11(8-20)18-15(21)13-9-22-14(7-17)19-13;;/h1-3,6,9,11H,4-5,7-8,17H2,(H,18,21);2*1H. The zero-order valence-corrected chi connectivity index (χ0v) is 16.0. The SMILES string of the molecule is Cl.Cl.NCc1nc(C(=O)NC2CCN(c3cccc(Cl)c3)C2)cs1. The zero-order chi connectivity index (χ0) is 15.5. The van der Waals surface area contributed by atoms with E-state index in [1.807, 2.05) is 24.3 Å². The molecule has 1 atom stereocenters. The molecule has 1 amide bonds. The Kier molecular flexibility index (Phi) is 8.26. The van der Waals surface area contributed by atoms with Crippen molar-refractivity contribution in [2.75, 3.05) is 18.0 Å². The fourth-order valence-electron chi connectivity index (χ4n) is 2.55. The van der Waals surface area contributed by atoms with Crippen molar-refractivity contribution in [2.45, 2.75) is 19.0 Å². The van der Waals surface area contributed by atoms with Crippen molar-refractivity contribution in [3.63, 3.8) is 0 Å². The first-order chi connectivity index (χ1) is 10.7. The van der Waals surface area contributed by atoms with E-state index >= 15 is 0 Å². The van der Waals surface area contributed by atoms with Gasteiger partial charge in [-0.05, 0) is 24.6 Å². The van der Waals surface area contributed by atoms with Crippen molar-refractivity contribution in [3.8, 4) is 0 Å². The van der Waals surface area contributed by atoms with Gasteiger partial charge in [0.05, 0.1) is 0 Å². The van der Waals surface area contributed by atoms with Crippen LogP contribution in [0.15, 0.2) is 29.6 Å². The molecule has 1 aliphatic rings. The zero-order valence-electron chi connectivity index (χ0n) is 12.8. The van der Waals surface area contributed by atoms with E-state index in [1.54, 1.807) is 5.38 Å². The van der Waals surface area contributed by atoms with E-state index in [4.69, 9.17) is 17.3 Å². The Morgan fingerprint density at radius 3 is 2.92 bits per heavy atom. The Morgan fingerprint density at radius 2 is 2.25 bits per heavy atom. The largest absolute Gasteiger partial charge is 0.369 e. The van der Waals surface area contributed by atoms with Crippen LogP contribution < -0.4 is 16.0 Å². The molecule has 0 aliphatic carbocycles. The topological polar surface area (TPSA) is 71.2 Å². The molecule has 1 unspecified atom stereocenters. The van der Waals surface area contributed by atoms with Gasteiger partial charge in [-0.2, -0.15) is 0 Å². The number of anilines is 1. The highest BCUT2D eigenvalue weighted by Gasteiger charge is 2.25. The van der Waals surface area contributed by atoms with Crippen LogP contribution in [0.5, 0.6) is 0 Å². The monoisotopic (exact) mass is 408 g/mol. The highest BCUT2D eigenvalue weighted by Crippen LogP contribution is 2.23. The van der Waals surface area contributed by atoms with E-state index in [9.17, 15) is 4.79 Å². The lowest BCUT2D eigenvalue weighted by atomic mass is 10.2. The lowest BCUT2D eigenvalue weighted by molar-refractivity contribution is 0.0936. The van der Waals surface area contributed by atoms with Gasteiger partial charge in [0, 0.05) is 41.8 Å². The molecule has 24 heavy (non-hydrogen) atoms. The maximum absolute atomic E-state index is 12.2. The van der Waals surface area contributed by atoms with Gasteiger partial charge in [-0.3, -0.25) is 4.79 Å². The van der Waals surface area contributed by atoms with E-state index in [0.29, 0.717) is 12.2 Å². The number of hydrogen-bond acceptors (Lipinski definition) is 5. The van der Waals surface area contributed by atoms with Crippen molar-refractivity contribution < 1.29 is 4.79 Å². The molecule has 2 heterocycles. The number of nitrogens with zero attached hydrogens (tertiary/aromatic N) is 2. The number of aromatic nitrogens is 1. The minimum atomic E-state index is -0.131. The highest BCUT2D eigenvalue weighted by molar-refractivity contribution is 7.09. The fourth-order valence-corrected chi connectivity index (χ4v) is 3.39. The molecule has 3 rings (SSSR count). The molecule has 1 fully saturated rings. The van der Waals surface area contributed by atoms with Crippen molar-refractivity contribution in [2.24, 2.45) is 5.73 Å². The number of amides is 1. The summed E-state index contributed by atoms with van der Waals surface area (Å²) in [5, 5.41) is 6.29. The van der Waals surface area contributed by atoms with E-state index in [0.717, 1.165) is 35.2 Å². The van der Waals surface area contributed by atoms with Crippen molar-refractivity contribution >= 4 is 59.3 Å². The number of carbonyl (C=O) groups is 1. The van der Waals surface area contributed by atoms with E-state index in [2.05, 4.69) is 15.2 Å². The van der Waals surface area contributed by atoms with Gasteiger partial charge in [0.15, 0.2) is 0 Å². The third-order valence-electron chi connectivity index (χ3n) is 3.66. The lowest BCUT2D eigenvalue weighted by Gasteiger charge is -2.19. The first-order valence-corrected chi connectivity index (χ1v) is 8.37. The second-order valence-corrected chi connectivity index (χ2v) is 6.59. The average Bonchev–Trinajstić information content (AvgIpc) is 3.16. The molecule has 1 aromatic heterocycles. The summed E-state index contributed by atoms with van der Waals surface area (Å²) in [7, 11) is 0. The number of carbonyl (C=O) groups excluding carboxylic acids is 1. The summed E-state index contributed by atoms with van der Waals surface area (Å²) in [5.74, 6) is -0.131. The van der Waals surface area contributed by atoms with Crippen LogP contribution in [0.2, 0.25) is 5.02 Å². The Bertz CT molecular complexity index is 682. The third-order valence-corrected chi connectivity index (χ3v) is 4.76. The summed E-state index contributed by atoms with van der Waals surface area (Å²) in [6.07, 6.45) is 0.909. The second kappa shape index (κ2) is 9.44. The predicted molar refractivity (Wildman–Crippen MR) is 104 cm³/mol. The molecule has 0 spiro atoms. The average molecular weight is 410 g/mol. The predicted octanol–water partition coefficient (Wildman–Crippen LogP) is 3.11. The van der Waals surface area contributed by atoms with Crippen molar-refractivity contribution in [1.82, 2.24) is 10.3 Å². The van der Waals surface area contributed by atoms with E-state index in [1.165, 1.54) is 11.3 Å². The van der Waals surface area contributed by atoms with Gasteiger partial charge in [-0.15, -0.1) is 36.2 Å². The molecule has 5 nitrogen and oxygen atoms in total. The number of halogens is 3. The van der Waals surface area contributed by atoms with E-state index in [-0.39, 0.29) is 36.8 Å². The van der Waals surface area contributed by atoms with Crippen LogP contribution in [0.4, 0.5) is 5.69 Å². The van der Waals surface area contributed by atoms with Crippen LogP contribution in [0, 0.1) is 0 Å². The number of rotatable bonds is 4. The first kappa shape index (κ1) is 21.0. The Labute approximate surface area is 162 Å². The molecule has 3 N–H and O–H groups in total. The molecule has 1 saturated heterocycles. The highest BCUT2D eigenvalue weighted by atomic mass is 35.5. The summed E-state index contributed by atoms with van der Waals surface area (Å²) < 4.78 is 0.